The molecule has 108 valence electrons. The van der Waals surface area contributed by atoms with Crippen LogP contribution in [0.5, 0.6) is 5.75 Å². The zero-order chi connectivity index (χ0) is 14.9. The molecule has 0 aromatic heterocycles. The fraction of sp³-hybridized carbons (Fsp3) is 0.385. The normalized spacial score (nSPS) is 22.6. The van der Waals surface area contributed by atoms with Gasteiger partial charge < -0.3 is 10.2 Å². The number of hydrazone groups is 1. The smallest absolute Gasteiger partial charge is 0.330 e. The highest BCUT2D eigenvalue weighted by atomic mass is 35.5. The van der Waals surface area contributed by atoms with Gasteiger partial charge in [0.2, 0.25) is 0 Å². The summed E-state index contributed by atoms with van der Waals surface area (Å²) < 4.78 is 0. The number of benzene rings is 1. The molecule has 20 heavy (non-hydrogen) atoms. The van der Waals surface area contributed by atoms with Crippen molar-refractivity contribution in [2.24, 2.45) is 5.10 Å². The zero-order valence-electron chi connectivity index (χ0n) is 10.8. The van der Waals surface area contributed by atoms with E-state index in [-0.39, 0.29) is 15.8 Å². The van der Waals surface area contributed by atoms with Gasteiger partial charge in [0, 0.05) is 12.1 Å². The van der Waals surface area contributed by atoms with Gasteiger partial charge in [-0.2, -0.15) is 5.10 Å². The molecule has 1 aliphatic heterocycles. The molecular formula is C13H14Cl2N2O3. The van der Waals surface area contributed by atoms with Crippen LogP contribution in [-0.4, -0.2) is 39.5 Å². The Kier molecular flexibility index (Phi) is 4.11. The molecule has 0 saturated carbocycles. The Bertz CT molecular complexity index is 554. The standard InChI is InChI=1S/C13H14Cl2N2O3/c1-13(12(19)20)3-2-4-17(13)16-7-9-10(14)5-8(18)6-11(9)15/h5-7,18H,2-4H2,1H3,(H,19,20)/t13-/m1/s1. The molecule has 5 nitrogen and oxygen atoms in total. The van der Waals surface area contributed by atoms with Crippen molar-refractivity contribution < 1.29 is 15.0 Å². The maximum absolute atomic E-state index is 11.3. The number of nitrogens with zero attached hydrogens (tertiary/aromatic N) is 2. The Labute approximate surface area is 126 Å². The highest BCUT2D eigenvalue weighted by Gasteiger charge is 2.43. The average Bonchev–Trinajstić information content (AvgIpc) is 2.71. The molecule has 2 N–H and O–H groups in total. The van der Waals surface area contributed by atoms with Crippen molar-refractivity contribution in [3.05, 3.63) is 27.7 Å². The van der Waals surface area contributed by atoms with Crippen LogP contribution in [0.3, 0.4) is 0 Å². The number of hydrogen-bond acceptors (Lipinski definition) is 4. The Morgan fingerprint density at radius 1 is 1.45 bits per heavy atom. The number of aliphatic carboxylic acids is 1. The summed E-state index contributed by atoms with van der Waals surface area (Å²) in [5.74, 6) is -0.941. The number of halogens is 2. The summed E-state index contributed by atoms with van der Waals surface area (Å²) in [6, 6.07) is 2.71. The van der Waals surface area contributed by atoms with Crippen molar-refractivity contribution >= 4 is 35.4 Å². The Morgan fingerprint density at radius 3 is 2.60 bits per heavy atom. The number of carbonyl (C=O) groups is 1. The summed E-state index contributed by atoms with van der Waals surface area (Å²) in [5, 5.41) is 24.9. The lowest BCUT2D eigenvalue weighted by Crippen LogP contribution is -2.45. The van der Waals surface area contributed by atoms with E-state index < -0.39 is 11.5 Å². The fourth-order valence-corrected chi connectivity index (χ4v) is 2.75. The molecule has 0 aliphatic carbocycles. The number of phenolic OH excluding ortho intramolecular Hbond substituents is 1. The lowest BCUT2D eigenvalue weighted by atomic mass is 10.0. The maximum atomic E-state index is 11.3. The van der Waals surface area contributed by atoms with Gasteiger partial charge in [0.1, 0.15) is 5.75 Å². The van der Waals surface area contributed by atoms with Crippen LogP contribution in [0, 0.1) is 0 Å². The highest BCUT2D eigenvalue weighted by molar-refractivity contribution is 6.38. The molecule has 1 aliphatic rings. The predicted molar refractivity (Wildman–Crippen MR) is 77.7 cm³/mol. The number of aromatic hydroxyl groups is 1. The van der Waals surface area contributed by atoms with Crippen molar-refractivity contribution in [1.29, 1.82) is 0 Å². The molecule has 0 bridgehead atoms. The number of rotatable bonds is 3. The van der Waals surface area contributed by atoms with Crippen LogP contribution in [-0.2, 0) is 4.79 Å². The van der Waals surface area contributed by atoms with Crippen LogP contribution in [0.4, 0.5) is 0 Å². The Balaban J connectivity index is 2.28. The van der Waals surface area contributed by atoms with Gasteiger partial charge in [-0.15, -0.1) is 0 Å². The van der Waals surface area contributed by atoms with E-state index >= 15 is 0 Å². The van der Waals surface area contributed by atoms with Crippen LogP contribution in [0.1, 0.15) is 25.3 Å². The Hall–Kier alpha value is -1.46. The van der Waals surface area contributed by atoms with Crippen molar-refractivity contribution in [2.45, 2.75) is 25.3 Å². The zero-order valence-corrected chi connectivity index (χ0v) is 12.3. The molecule has 1 heterocycles. The third-order valence-corrected chi connectivity index (χ3v) is 4.08. The number of carboxylic acids is 1. The summed E-state index contributed by atoms with van der Waals surface area (Å²) in [6.07, 6.45) is 2.73. The lowest BCUT2D eigenvalue weighted by molar-refractivity contribution is -0.148. The van der Waals surface area contributed by atoms with Gasteiger partial charge in [0.15, 0.2) is 5.54 Å². The summed E-state index contributed by atoms with van der Waals surface area (Å²) >= 11 is 12.0. The monoisotopic (exact) mass is 316 g/mol. The molecule has 1 aromatic carbocycles. The molecule has 7 heteroatoms. The first-order valence-corrected chi connectivity index (χ1v) is 6.83. The first-order valence-electron chi connectivity index (χ1n) is 6.07. The number of phenols is 1. The van der Waals surface area contributed by atoms with Crippen molar-refractivity contribution in [3.8, 4) is 5.75 Å². The van der Waals surface area contributed by atoms with E-state index in [1.54, 1.807) is 6.92 Å². The second-order valence-electron chi connectivity index (χ2n) is 4.87. The van der Waals surface area contributed by atoms with Gasteiger partial charge in [-0.25, -0.2) is 4.79 Å². The molecule has 0 amide bonds. The molecule has 2 rings (SSSR count). The topological polar surface area (TPSA) is 73.1 Å². The van der Waals surface area contributed by atoms with E-state index in [2.05, 4.69) is 5.10 Å². The van der Waals surface area contributed by atoms with Crippen molar-refractivity contribution in [1.82, 2.24) is 5.01 Å². The summed E-state index contributed by atoms with van der Waals surface area (Å²) in [6.45, 7) is 2.20. The molecular weight excluding hydrogens is 303 g/mol. The van der Waals surface area contributed by atoms with Gasteiger partial charge in [0.25, 0.3) is 0 Å². The highest BCUT2D eigenvalue weighted by Crippen LogP contribution is 2.31. The van der Waals surface area contributed by atoms with Gasteiger partial charge in [-0.05, 0) is 31.9 Å². The van der Waals surface area contributed by atoms with E-state index in [0.29, 0.717) is 18.5 Å². The van der Waals surface area contributed by atoms with Crippen LogP contribution in [0.2, 0.25) is 10.0 Å². The summed E-state index contributed by atoms with van der Waals surface area (Å²) in [7, 11) is 0. The van der Waals surface area contributed by atoms with E-state index in [1.165, 1.54) is 23.4 Å². The Morgan fingerprint density at radius 2 is 2.05 bits per heavy atom. The van der Waals surface area contributed by atoms with Crippen LogP contribution in [0.15, 0.2) is 17.2 Å². The van der Waals surface area contributed by atoms with Gasteiger partial charge in [-0.1, -0.05) is 23.2 Å². The maximum Gasteiger partial charge on any atom is 0.330 e. The van der Waals surface area contributed by atoms with Crippen LogP contribution in [0.25, 0.3) is 0 Å². The second kappa shape index (κ2) is 5.50. The van der Waals surface area contributed by atoms with Gasteiger partial charge >= 0.3 is 5.97 Å². The van der Waals surface area contributed by atoms with Crippen molar-refractivity contribution in [2.75, 3.05) is 6.54 Å². The van der Waals surface area contributed by atoms with Crippen LogP contribution >= 0.6 is 23.2 Å². The molecule has 1 atom stereocenters. The van der Waals surface area contributed by atoms with Crippen molar-refractivity contribution in [3.63, 3.8) is 0 Å². The molecule has 0 spiro atoms. The second-order valence-corrected chi connectivity index (χ2v) is 5.69. The minimum atomic E-state index is -1.01. The molecule has 1 aromatic rings. The average molecular weight is 317 g/mol. The molecule has 0 unspecified atom stereocenters. The van der Waals surface area contributed by atoms with Crippen LogP contribution < -0.4 is 0 Å². The van der Waals surface area contributed by atoms with Gasteiger partial charge in [-0.3, -0.25) is 5.01 Å². The lowest BCUT2D eigenvalue weighted by Gasteiger charge is -2.28. The van der Waals surface area contributed by atoms with Gasteiger partial charge in [0.05, 0.1) is 16.3 Å². The third kappa shape index (κ3) is 2.69. The SMILES string of the molecule is C[C@]1(C(=O)O)CCCN1N=Cc1c(Cl)cc(O)cc1Cl. The largest absolute Gasteiger partial charge is 0.508 e. The first-order chi connectivity index (χ1) is 9.34. The number of carboxylic acid groups (broad SMARTS) is 1. The van der Waals surface area contributed by atoms with E-state index in [4.69, 9.17) is 23.2 Å². The van der Waals surface area contributed by atoms with E-state index in [0.717, 1.165) is 6.42 Å². The van der Waals surface area contributed by atoms with E-state index in [1.807, 2.05) is 0 Å². The molecule has 1 fully saturated rings. The van der Waals surface area contributed by atoms with E-state index in [9.17, 15) is 15.0 Å². The third-order valence-electron chi connectivity index (χ3n) is 3.45. The number of hydrogen-bond donors (Lipinski definition) is 2. The summed E-state index contributed by atoms with van der Waals surface area (Å²) in [5.41, 5.74) is -0.558. The fourth-order valence-electron chi connectivity index (χ4n) is 2.17. The first kappa shape index (κ1) is 14.9. The predicted octanol–water partition coefficient (Wildman–Crippen LogP) is 2.97. The quantitative estimate of drug-likeness (QED) is 0.841. The summed E-state index contributed by atoms with van der Waals surface area (Å²) in [4.78, 5) is 11.3. The minimum Gasteiger partial charge on any atom is -0.508 e. The molecule has 0 radical (unpaired) electrons. The minimum absolute atomic E-state index is 0.0336. The molecule has 1 saturated heterocycles.